The Balaban J connectivity index is 1.89. The van der Waals surface area contributed by atoms with Gasteiger partial charge >= 0.3 is 5.97 Å². The van der Waals surface area contributed by atoms with Gasteiger partial charge in [0.15, 0.2) is 0 Å². The molecule has 2 N–H and O–H groups in total. The van der Waals surface area contributed by atoms with Gasteiger partial charge in [-0.2, -0.15) is 0 Å². The monoisotopic (exact) mass is 332 g/mol. The summed E-state index contributed by atoms with van der Waals surface area (Å²) in [5.41, 5.74) is 0. The summed E-state index contributed by atoms with van der Waals surface area (Å²) in [5, 5.41) is 8.84. The molecule has 0 atom stereocenters. The Morgan fingerprint density at radius 2 is 2.14 bits per heavy atom. The molecule has 1 heterocycles. The Morgan fingerprint density at radius 1 is 1.48 bits per heavy atom. The molecule has 118 valence electrons. The molecule has 21 heavy (non-hydrogen) atoms. The number of nitrogens with zero attached hydrogens (tertiary/aromatic N) is 1. The highest BCUT2D eigenvalue weighted by Crippen LogP contribution is 2.28. The van der Waals surface area contributed by atoms with Crippen LogP contribution in [0.3, 0.4) is 0 Å². The molecule has 6 nitrogen and oxygen atoms in total. The van der Waals surface area contributed by atoms with Gasteiger partial charge < -0.3 is 5.11 Å². The van der Waals surface area contributed by atoms with E-state index < -0.39 is 16.0 Å². The number of hydrogen-bond acceptors (Lipinski definition) is 5. The molecular weight excluding hydrogens is 312 g/mol. The van der Waals surface area contributed by atoms with Gasteiger partial charge in [-0.3, -0.25) is 9.69 Å². The molecule has 0 bridgehead atoms. The van der Waals surface area contributed by atoms with Crippen molar-refractivity contribution in [3.8, 4) is 0 Å². The second-order valence-corrected chi connectivity index (χ2v) is 8.49. The Hall–Kier alpha value is -0.960. The van der Waals surface area contributed by atoms with Crippen LogP contribution in [0.25, 0.3) is 0 Å². The third-order valence-corrected chi connectivity index (χ3v) is 6.69. The number of rotatable bonds is 7. The first kappa shape index (κ1) is 16.4. The smallest absolute Gasteiger partial charge is 0.317 e. The maximum absolute atomic E-state index is 12.2. The van der Waals surface area contributed by atoms with Gasteiger partial charge in [0, 0.05) is 17.0 Å². The Morgan fingerprint density at radius 3 is 2.62 bits per heavy atom. The van der Waals surface area contributed by atoms with Crippen molar-refractivity contribution < 1.29 is 18.3 Å². The Kier molecular flexibility index (Phi) is 5.03. The SMILES string of the molecule is CCN(CC(=O)O)C1CC(NS(=O)(=O)c2ccc(C)s2)C1. The highest BCUT2D eigenvalue weighted by Gasteiger charge is 2.36. The zero-order chi connectivity index (χ0) is 15.6. The van der Waals surface area contributed by atoms with Crippen molar-refractivity contribution in [1.29, 1.82) is 0 Å². The van der Waals surface area contributed by atoms with Gasteiger partial charge in [-0.25, -0.2) is 13.1 Å². The van der Waals surface area contributed by atoms with Crippen molar-refractivity contribution in [2.24, 2.45) is 0 Å². The van der Waals surface area contributed by atoms with Gasteiger partial charge in [-0.1, -0.05) is 6.92 Å². The van der Waals surface area contributed by atoms with Crippen LogP contribution in [-0.2, 0) is 14.8 Å². The van der Waals surface area contributed by atoms with E-state index in [1.54, 1.807) is 12.1 Å². The molecule has 1 aliphatic carbocycles. The highest BCUT2D eigenvalue weighted by atomic mass is 32.2. The van der Waals surface area contributed by atoms with Crippen molar-refractivity contribution in [3.63, 3.8) is 0 Å². The molecule has 2 rings (SSSR count). The number of aliphatic carboxylic acids is 1. The lowest BCUT2D eigenvalue weighted by atomic mass is 9.86. The Bertz CT molecular complexity index is 605. The van der Waals surface area contributed by atoms with Crippen LogP contribution in [0.15, 0.2) is 16.3 Å². The molecule has 0 aromatic carbocycles. The molecule has 0 amide bonds. The summed E-state index contributed by atoms with van der Waals surface area (Å²) >= 11 is 1.25. The molecule has 0 unspecified atom stereocenters. The third kappa shape index (κ3) is 4.03. The predicted octanol–water partition coefficient (Wildman–Crippen LogP) is 1.27. The number of nitrogens with one attached hydrogen (secondary N) is 1. The number of carbonyl (C=O) groups is 1. The number of likely N-dealkylation sites (N-methyl/N-ethyl adjacent to an activating group) is 1. The van der Waals surface area contributed by atoms with E-state index in [2.05, 4.69) is 4.72 Å². The fourth-order valence-corrected chi connectivity index (χ4v) is 5.05. The molecule has 0 aliphatic heterocycles. The van der Waals surface area contributed by atoms with Crippen LogP contribution in [0.4, 0.5) is 0 Å². The lowest BCUT2D eigenvalue weighted by Crippen LogP contribution is -2.54. The number of thiophene rings is 1. The number of aryl methyl sites for hydroxylation is 1. The second-order valence-electron chi connectivity index (χ2n) is 5.27. The summed E-state index contributed by atoms with van der Waals surface area (Å²) in [7, 11) is -3.44. The normalized spacial score (nSPS) is 22.2. The molecule has 0 saturated heterocycles. The van der Waals surface area contributed by atoms with Crippen LogP contribution < -0.4 is 4.72 Å². The fourth-order valence-electron chi connectivity index (χ4n) is 2.49. The van der Waals surface area contributed by atoms with Gasteiger partial charge in [0.1, 0.15) is 4.21 Å². The first-order chi connectivity index (χ1) is 9.81. The number of carboxylic acids is 1. The van der Waals surface area contributed by atoms with Crippen LogP contribution in [0.1, 0.15) is 24.6 Å². The average Bonchev–Trinajstić information content (AvgIpc) is 2.78. The summed E-state index contributed by atoms with van der Waals surface area (Å²) in [5.74, 6) is -0.852. The quantitative estimate of drug-likeness (QED) is 0.785. The maximum Gasteiger partial charge on any atom is 0.317 e. The molecular formula is C13H20N2O4S2. The van der Waals surface area contributed by atoms with Crippen molar-refractivity contribution in [3.05, 3.63) is 17.0 Å². The van der Waals surface area contributed by atoms with Crippen LogP contribution in [0, 0.1) is 6.92 Å². The van der Waals surface area contributed by atoms with E-state index in [0.717, 1.165) is 4.88 Å². The van der Waals surface area contributed by atoms with E-state index >= 15 is 0 Å². The summed E-state index contributed by atoms with van der Waals surface area (Å²) in [4.78, 5) is 13.6. The molecule has 1 aromatic heterocycles. The lowest BCUT2D eigenvalue weighted by molar-refractivity contribution is -0.139. The second kappa shape index (κ2) is 6.43. The van der Waals surface area contributed by atoms with E-state index in [9.17, 15) is 13.2 Å². The van der Waals surface area contributed by atoms with Crippen LogP contribution in [-0.4, -0.2) is 49.6 Å². The molecule has 0 spiro atoms. The first-order valence-corrected chi connectivity index (χ1v) is 9.16. The van der Waals surface area contributed by atoms with Crippen LogP contribution in [0.2, 0.25) is 0 Å². The standard InChI is InChI=1S/C13H20N2O4S2/c1-3-15(8-12(16)17)11-6-10(7-11)14-21(18,19)13-5-4-9(2)20-13/h4-5,10-11,14H,3,6-8H2,1-2H3,(H,16,17). The summed E-state index contributed by atoms with van der Waals surface area (Å²) in [6, 6.07) is 3.43. The van der Waals surface area contributed by atoms with E-state index in [4.69, 9.17) is 5.11 Å². The summed E-state index contributed by atoms with van der Waals surface area (Å²) in [6.45, 7) is 4.44. The van der Waals surface area contributed by atoms with Crippen molar-refractivity contribution in [1.82, 2.24) is 9.62 Å². The van der Waals surface area contributed by atoms with Gasteiger partial charge in [-0.05, 0) is 38.4 Å². The zero-order valence-electron chi connectivity index (χ0n) is 12.1. The minimum absolute atomic E-state index is 0.00472. The van der Waals surface area contributed by atoms with E-state index in [1.165, 1.54) is 11.3 Å². The number of hydrogen-bond donors (Lipinski definition) is 2. The van der Waals surface area contributed by atoms with Crippen LogP contribution in [0.5, 0.6) is 0 Å². The van der Waals surface area contributed by atoms with Gasteiger partial charge in [0.2, 0.25) is 10.0 Å². The number of carboxylic acid groups (broad SMARTS) is 1. The maximum atomic E-state index is 12.2. The summed E-state index contributed by atoms with van der Waals surface area (Å²) in [6.07, 6.45) is 1.31. The molecule has 0 radical (unpaired) electrons. The first-order valence-electron chi connectivity index (χ1n) is 6.86. The zero-order valence-corrected chi connectivity index (χ0v) is 13.7. The topological polar surface area (TPSA) is 86.7 Å². The van der Waals surface area contributed by atoms with E-state index in [1.807, 2.05) is 18.7 Å². The molecule has 1 aromatic rings. The third-order valence-electron chi connectivity index (χ3n) is 3.68. The Labute approximate surface area is 128 Å². The fraction of sp³-hybridized carbons (Fsp3) is 0.615. The van der Waals surface area contributed by atoms with Gasteiger partial charge in [0.25, 0.3) is 0 Å². The van der Waals surface area contributed by atoms with Gasteiger partial charge in [-0.15, -0.1) is 11.3 Å². The van der Waals surface area contributed by atoms with E-state index in [0.29, 0.717) is 23.6 Å². The molecule has 8 heteroatoms. The van der Waals surface area contributed by atoms with Crippen molar-refractivity contribution >= 4 is 27.3 Å². The molecule has 1 fully saturated rings. The lowest BCUT2D eigenvalue weighted by Gasteiger charge is -2.41. The average molecular weight is 332 g/mol. The summed E-state index contributed by atoms with van der Waals surface area (Å²) < 4.78 is 27.4. The predicted molar refractivity (Wildman–Crippen MR) is 81.1 cm³/mol. The van der Waals surface area contributed by atoms with Crippen molar-refractivity contribution in [2.45, 2.75) is 43.0 Å². The molecule has 1 saturated carbocycles. The van der Waals surface area contributed by atoms with E-state index in [-0.39, 0.29) is 18.6 Å². The minimum Gasteiger partial charge on any atom is -0.480 e. The van der Waals surface area contributed by atoms with Crippen molar-refractivity contribution in [2.75, 3.05) is 13.1 Å². The minimum atomic E-state index is -3.44. The highest BCUT2D eigenvalue weighted by molar-refractivity contribution is 7.91. The van der Waals surface area contributed by atoms with Crippen LogP contribution >= 0.6 is 11.3 Å². The largest absolute Gasteiger partial charge is 0.480 e. The number of sulfonamides is 1. The van der Waals surface area contributed by atoms with Gasteiger partial charge in [0.05, 0.1) is 6.54 Å². The molecule has 1 aliphatic rings.